The third kappa shape index (κ3) is 4.97. The molecular formula is C13H15F3O3S. The second-order valence-electron chi connectivity index (χ2n) is 4.26. The number of halogens is 3. The third-order valence-corrected chi connectivity index (χ3v) is 3.89. The Hall–Kier alpha value is -1.34. The predicted molar refractivity (Wildman–Crippen MR) is 68.7 cm³/mol. The van der Waals surface area contributed by atoms with Crippen molar-refractivity contribution in [3.8, 4) is 0 Å². The zero-order valence-corrected chi connectivity index (χ0v) is 11.9. The molecule has 0 N–H and O–H groups in total. The molecule has 7 heteroatoms. The number of benzene rings is 1. The van der Waals surface area contributed by atoms with Gasteiger partial charge in [0.1, 0.15) is 0 Å². The van der Waals surface area contributed by atoms with E-state index in [1.165, 1.54) is 12.1 Å². The van der Waals surface area contributed by atoms with Crippen LogP contribution in [-0.4, -0.2) is 21.2 Å². The lowest BCUT2D eigenvalue weighted by Gasteiger charge is -2.07. The van der Waals surface area contributed by atoms with Crippen molar-refractivity contribution in [3.05, 3.63) is 41.5 Å². The molecule has 1 aromatic carbocycles. The highest BCUT2D eigenvalue weighted by molar-refractivity contribution is 7.86. The van der Waals surface area contributed by atoms with E-state index in [0.29, 0.717) is 0 Å². The fourth-order valence-electron chi connectivity index (χ4n) is 1.32. The van der Waals surface area contributed by atoms with Gasteiger partial charge >= 0.3 is 6.18 Å². The van der Waals surface area contributed by atoms with Crippen molar-refractivity contribution in [2.24, 2.45) is 0 Å². The molecule has 3 nitrogen and oxygen atoms in total. The predicted octanol–water partition coefficient (Wildman–Crippen LogP) is 3.60. The molecule has 0 bridgehead atoms. The maximum Gasteiger partial charge on any atom is 0.412 e. The van der Waals surface area contributed by atoms with E-state index in [-0.39, 0.29) is 17.9 Å². The van der Waals surface area contributed by atoms with Crippen LogP contribution in [-0.2, 0) is 14.3 Å². The first-order valence-electron chi connectivity index (χ1n) is 5.83. The van der Waals surface area contributed by atoms with Gasteiger partial charge in [0.15, 0.2) is 0 Å². The van der Waals surface area contributed by atoms with Crippen LogP contribution in [0.2, 0.25) is 0 Å². The zero-order chi connectivity index (χ0) is 15.4. The minimum atomic E-state index is -4.39. The number of aryl methyl sites for hydroxylation is 1. The van der Waals surface area contributed by atoms with E-state index in [4.69, 9.17) is 0 Å². The van der Waals surface area contributed by atoms with Gasteiger partial charge in [0.25, 0.3) is 10.1 Å². The topological polar surface area (TPSA) is 43.4 Å². The Labute approximate surface area is 116 Å². The monoisotopic (exact) mass is 308 g/mol. The Kier molecular flexibility index (Phi) is 5.35. The minimum absolute atomic E-state index is 0.0142. The normalized spacial score (nSPS) is 13.6. The largest absolute Gasteiger partial charge is 0.412 e. The van der Waals surface area contributed by atoms with Crippen LogP contribution >= 0.6 is 0 Å². The SMILES string of the molecule is C/C(=C\CCOS(=O)(=O)c1ccc(C)cc1)C(F)(F)F. The van der Waals surface area contributed by atoms with Crippen LogP contribution in [0.1, 0.15) is 18.9 Å². The van der Waals surface area contributed by atoms with Crippen LogP contribution in [0.3, 0.4) is 0 Å². The van der Waals surface area contributed by atoms with Gasteiger partial charge in [-0.2, -0.15) is 21.6 Å². The Bertz CT molecular complexity index is 572. The first-order valence-corrected chi connectivity index (χ1v) is 7.24. The highest BCUT2D eigenvalue weighted by Crippen LogP contribution is 2.25. The molecule has 20 heavy (non-hydrogen) atoms. The summed E-state index contributed by atoms with van der Waals surface area (Å²) in [5.41, 5.74) is 0.126. The zero-order valence-electron chi connectivity index (χ0n) is 11.1. The molecule has 0 aliphatic rings. The minimum Gasteiger partial charge on any atom is -0.266 e. The molecule has 0 aromatic heterocycles. The van der Waals surface area contributed by atoms with Crippen molar-refractivity contribution in [3.63, 3.8) is 0 Å². The Morgan fingerprint density at radius 3 is 2.30 bits per heavy atom. The van der Waals surface area contributed by atoms with Crippen LogP contribution in [0.15, 0.2) is 40.8 Å². The molecule has 0 unspecified atom stereocenters. The summed E-state index contributed by atoms with van der Waals surface area (Å²) in [6, 6.07) is 6.01. The molecule has 0 atom stereocenters. The molecule has 0 fully saturated rings. The molecule has 0 aliphatic carbocycles. The van der Waals surface area contributed by atoms with Gasteiger partial charge in [0.05, 0.1) is 11.5 Å². The fraction of sp³-hybridized carbons (Fsp3) is 0.385. The highest BCUT2D eigenvalue weighted by atomic mass is 32.2. The molecule has 1 rings (SSSR count). The first kappa shape index (κ1) is 16.7. The standard InChI is InChI=1S/C13H15F3O3S/c1-10-5-7-12(8-6-10)20(17,18)19-9-3-4-11(2)13(14,15)16/h4-8H,3,9H2,1-2H3/b11-4+. The van der Waals surface area contributed by atoms with Gasteiger partial charge < -0.3 is 0 Å². The first-order chi connectivity index (χ1) is 9.13. The van der Waals surface area contributed by atoms with Crippen molar-refractivity contribution in [2.45, 2.75) is 31.3 Å². The molecule has 0 aliphatic heterocycles. The molecule has 0 amide bonds. The van der Waals surface area contributed by atoms with Gasteiger partial charge in [-0.3, -0.25) is 4.18 Å². The molecule has 0 saturated carbocycles. The molecule has 0 spiro atoms. The summed E-state index contributed by atoms with van der Waals surface area (Å²) >= 11 is 0. The molecule has 112 valence electrons. The third-order valence-electron chi connectivity index (χ3n) is 2.56. The van der Waals surface area contributed by atoms with Crippen molar-refractivity contribution in [1.29, 1.82) is 0 Å². The summed E-state index contributed by atoms with van der Waals surface area (Å²) in [6.07, 6.45) is -3.61. The van der Waals surface area contributed by atoms with Gasteiger partial charge in [-0.05, 0) is 32.4 Å². The van der Waals surface area contributed by atoms with E-state index in [1.807, 2.05) is 6.92 Å². The second kappa shape index (κ2) is 6.41. The van der Waals surface area contributed by atoms with E-state index >= 15 is 0 Å². The summed E-state index contributed by atoms with van der Waals surface area (Å²) in [5.74, 6) is 0. The van der Waals surface area contributed by atoms with Crippen LogP contribution < -0.4 is 0 Å². The molecule has 0 heterocycles. The Morgan fingerprint density at radius 2 is 1.80 bits per heavy atom. The van der Waals surface area contributed by atoms with Gasteiger partial charge in [-0.15, -0.1) is 0 Å². The number of hydrogen-bond acceptors (Lipinski definition) is 3. The highest BCUT2D eigenvalue weighted by Gasteiger charge is 2.29. The van der Waals surface area contributed by atoms with Crippen molar-refractivity contribution < 1.29 is 25.8 Å². The van der Waals surface area contributed by atoms with Crippen LogP contribution in [0.5, 0.6) is 0 Å². The van der Waals surface area contributed by atoms with E-state index in [1.54, 1.807) is 12.1 Å². The Morgan fingerprint density at radius 1 is 1.25 bits per heavy atom. The summed E-state index contributed by atoms with van der Waals surface area (Å²) < 4.78 is 64.7. The van der Waals surface area contributed by atoms with Gasteiger partial charge in [0, 0.05) is 5.57 Å². The van der Waals surface area contributed by atoms with E-state index in [2.05, 4.69) is 4.18 Å². The molecule has 1 aromatic rings. The van der Waals surface area contributed by atoms with Crippen LogP contribution in [0.25, 0.3) is 0 Å². The van der Waals surface area contributed by atoms with Crippen molar-refractivity contribution in [1.82, 2.24) is 0 Å². The van der Waals surface area contributed by atoms with Crippen molar-refractivity contribution in [2.75, 3.05) is 6.61 Å². The lowest BCUT2D eigenvalue weighted by molar-refractivity contribution is -0.0915. The lowest BCUT2D eigenvalue weighted by Crippen LogP contribution is -2.10. The summed E-state index contributed by atoms with van der Waals surface area (Å²) in [7, 11) is -3.92. The van der Waals surface area contributed by atoms with E-state index in [0.717, 1.165) is 18.6 Å². The van der Waals surface area contributed by atoms with Gasteiger partial charge in [-0.25, -0.2) is 0 Å². The average molecular weight is 308 g/mol. The quantitative estimate of drug-likeness (QED) is 0.474. The molecule has 0 radical (unpaired) electrons. The smallest absolute Gasteiger partial charge is 0.266 e. The number of hydrogen-bond donors (Lipinski definition) is 0. The molecular weight excluding hydrogens is 293 g/mol. The lowest BCUT2D eigenvalue weighted by atomic mass is 10.2. The second-order valence-corrected chi connectivity index (χ2v) is 5.88. The molecule has 0 saturated heterocycles. The Balaban J connectivity index is 2.59. The maximum absolute atomic E-state index is 12.2. The summed E-state index contributed by atoms with van der Waals surface area (Å²) in [5, 5.41) is 0. The fourth-order valence-corrected chi connectivity index (χ4v) is 2.24. The average Bonchev–Trinajstić information content (AvgIpc) is 2.33. The number of allylic oxidation sites excluding steroid dienone is 1. The summed E-state index contributed by atoms with van der Waals surface area (Å²) in [4.78, 5) is -0.0142. The summed E-state index contributed by atoms with van der Waals surface area (Å²) in [6.45, 7) is 2.40. The van der Waals surface area contributed by atoms with Crippen LogP contribution in [0.4, 0.5) is 13.2 Å². The van der Waals surface area contributed by atoms with Gasteiger partial charge in [-0.1, -0.05) is 23.8 Å². The number of alkyl halides is 3. The van der Waals surface area contributed by atoms with E-state index < -0.39 is 21.9 Å². The van der Waals surface area contributed by atoms with Crippen LogP contribution in [0, 0.1) is 6.92 Å². The van der Waals surface area contributed by atoms with Crippen molar-refractivity contribution >= 4 is 10.1 Å². The van der Waals surface area contributed by atoms with E-state index in [9.17, 15) is 21.6 Å². The maximum atomic E-state index is 12.2. The number of rotatable bonds is 5. The van der Waals surface area contributed by atoms with Gasteiger partial charge in [0.2, 0.25) is 0 Å².